The first-order valence-electron chi connectivity index (χ1n) is 7.01. The molecule has 0 radical (unpaired) electrons. The number of guanidine groups is 1. The molecule has 0 unspecified atom stereocenters. The van der Waals surface area contributed by atoms with Crippen LogP contribution in [0.4, 0.5) is 0 Å². The van der Waals surface area contributed by atoms with E-state index in [0.717, 1.165) is 11.5 Å². The van der Waals surface area contributed by atoms with Crippen molar-refractivity contribution in [3.05, 3.63) is 17.3 Å². The maximum Gasteiger partial charge on any atom is 0.224 e. The first kappa shape index (κ1) is 20.7. The quantitative estimate of drug-likeness (QED) is 0.365. The molecule has 0 spiro atoms. The van der Waals surface area contributed by atoms with E-state index in [1.165, 1.54) is 0 Å². The number of primary amides is 1. The number of halogens is 1. The molecule has 1 aromatic heterocycles. The lowest BCUT2D eigenvalue weighted by Crippen LogP contribution is -2.46. The standard InChI is InChI=1S/C14H25N5O2.HI/c1-6-16-13(18-8-14(4,5)12(15)20)17-7-11-19-9(2)10(3)21-11;/h6-8H2,1-5H3,(H2,15,20)(H2,16,17,18);1H. The summed E-state index contributed by atoms with van der Waals surface area (Å²) in [6.45, 7) is 10.7. The van der Waals surface area contributed by atoms with Crippen molar-refractivity contribution in [1.29, 1.82) is 0 Å². The van der Waals surface area contributed by atoms with Crippen LogP contribution in [0.5, 0.6) is 0 Å². The fourth-order valence-electron chi connectivity index (χ4n) is 1.49. The molecular formula is C14H26IN5O2. The molecule has 0 fully saturated rings. The monoisotopic (exact) mass is 423 g/mol. The van der Waals surface area contributed by atoms with E-state index in [2.05, 4.69) is 20.6 Å². The Hall–Kier alpha value is -1.32. The van der Waals surface area contributed by atoms with Crippen molar-refractivity contribution in [1.82, 2.24) is 15.6 Å². The molecule has 7 nitrogen and oxygen atoms in total. The second-order valence-corrected chi connectivity index (χ2v) is 5.55. The molecule has 1 rings (SSSR count). The summed E-state index contributed by atoms with van der Waals surface area (Å²) in [6, 6.07) is 0. The predicted molar refractivity (Wildman–Crippen MR) is 97.2 cm³/mol. The van der Waals surface area contributed by atoms with E-state index in [0.29, 0.717) is 31.5 Å². The third-order valence-corrected chi connectivity index (χ3v) is 3.15. The molecule has 0 aliphatic carbocycles. The summed E-state index contributed by atoms with van der Waals surface area (Å²) in [5.74, 6) is 1.61. The minimum Gasteiger partial charge on any atom is -0.444 e. The predicted octanol–water partition coefficient (Wildman–Crippen LogP) is 1.48. The lowest BCUT2D eigenvalue weighted by molar-refractivity contribution is -0.125. The number of oxazole rings is 1. The van der Waals surface area contributed by atoms with Crippen LogP contribution >= 0.6 is 24.0 Å². The molecule has 1 aromatic rings. The van der Waals surface area contributed by atoms with Gasteiger partial charge in [0.05, 0.1) is 11.1 Å². The van der Waals surface area contributed by atoms with Crippen LogP contribution in [0.25, 0.3) is 0 Å². The third-order valence-electron chi connectivity index (χ3n) is 3.15. The van der Waals surface area contributed by atoms with Crippen molar-refractivity contribution in [3.63, 3.8) is 0 Å². The highest BCUT2D eigenvalue weighted by molar-refractivity contribution is 14.0. The summed E-state index contributed by atoms with van der Waals surface area (Å²) in [6.07, 6.45) is 0. The molecule has 0 atom stereocenters. The van der Waals surface area contributed by atoms with Gasteiger partial charge in [0.1, 0.15) is 12.3 Å². The Bertz CT molecular complexity index is 506. The largest absolute Gasteiger partial charge is 0.444 e. The highest BCUT2D eigenvalue weighted by Crippen LogP contribution is 2.12. The zero-order valence-corrected chi connectivity index (χ0v) is 16.1. The van der Waals surface area contributed by atoms with Crippen molar-refractivity contribution in [2.24, 2.45) is 16.1 Å². The number of rotatable bonds is 6. The Morgan fingerprint density at radius 3 is 2.45 bits per heavy atom. The van der Waals surface area contributed by atoms with E-state index in [4.69, 9.17) is 10.2 Å². The number of carbonyl (C=O) groups is 1. The van der Waals surface area contributed by atoms with Crippen LogP contribution in [0.15, 0.2) is 9.41 Å². The lowest BCUT2D eigenvalue weighted by Gasteiger charge is -2.22. The molecule has 0 saturated heterocycles. The zero-order chi connectivity index (χ0) is 16.0. The maximum absolute atomic E-state index is 11.3. The van der Waals surface area contributed by atoms with Gasteiger partial charge in [-0.3, -0.25) is 4.79 Å². The van der Waals surface area contributed by atoms with Gasteiger partial charge in [0.25, 0.3) is 0 Å². The number of nitrogens with two attached hydrogens (primary N) is 1. The number of aryl methyl sites for hydroxylation is 2. The molecule has 8 heteroatoms. The smallest absolute Gasteiger partial charge is 0.224 e. The summed E-state index contributed by atoms with van der Waals surface area (Å²) in [7, 11) is 0. The van der Waals surface area contributed by atoms with Crippen LogP contribution in [0.3, 0.4) is 0 Å². The van der Waals surface area contributed by atoms with Crippen LogP contribution in [0, 0.1) is 19.3 Å². The average Bonchev–Trinajstić information content (AvgIpc) is 2.72. The van der Waals surface area contributed by atoms with Crippen molar-refractivity contribution < 1.29 is 9.21 Å². The lowest BCUT2D eigenvalue weighted by atomic mass is 9.93. The van der Waals surface area contributed by atoms with E-state index < -0.39 is 5.41 Å². The van der Waals surface area contributed by atoms with Crippen LogP contribution in [-0.2, 0) is 11.3 Å². The number of hydrogen-bond acceptors (Lipinski definition) is 4. The molecular weight excluding hydrogens is 397 g/mol. The van der Waals surface area contributed by atoms with Crippen LogP contribution in [0.1, 0.15) is 38.1 Å². The van der Waals surface area contributed by atoms with Gasteiger partial charge >= 0.3 is 0 Å². The number of hydrogen-bond donors (Lipinski definition) is 3. The molecule has 0 aliphatic rings. The summed E-state index contributed by atoms with van der Waals surface area (Å²) in [5.41, 5.74) is 5.57. The summed E-state index contributed by atoms with van der Waals surface area (Å²) < 4.78 is 5.48. The summed E-state index contributed by atoms with van der Waals surface area (Å²) in [5, 5.41) is 6.21. The third kappa shape index (κ3) is 6.20. The Morgan fingerprint density at radius 1 is 1.36 bits per heavy atom. The van der Waals surface area contributed by atoms with Crippen LogP contribution in [0.2, 0.25) is 0 Å². The van der Waals surface area contributed by atoms with Crippen LogP contribution in [-0.4, -0.2) is 29.9 Å². The number of aliphatic imine (C=N–C) groups is 1. The molecule has 22 heavy (non-hydrogen) atoms. The molecule has 0 aromatic carbocycles. The maximum atomic E-state index is 11.3. The van der Waals surface area contributed by atoms with Gasteiger partial charge in [-0.1, -0.05) is 0 Å². The summed E-state index contributed by atoms with van der Waals surface area (Å²) >= 11 is 0. The highest BCUT2D eigenvalue weighted by atomic mass is 127. The Morgan fingerprint density at radius 2 is 2.00 bits per heavy atom. The van der Waals surface area contributed by atoms with Crippen molar-refractivity contribution >= 4 is 35.8 Å². The number of aromatic nitrogens is 1. The normalized spacial score (nSPS) is 11.8. The van der Waals surface area contributed by atoms with Crippen LogP contribution < -0.4 is 16.4 Å². The van der Waals surface area contributed by atoms with Crippen molar-refractivity contribution in [2.45, 2.75) is 41.2 Å². The van der Waals surface area contributed by atoms with Gasteiger partial charge < -0.3 is 20.8 Å². The van der Waals surface area contributed by atoms with Gasteiger partial charge in [-0.25, -0.2) is 9.98 Å². The van der Waals surface area contributed by atoms with Gasteiger partial charge in [0, 0.05) is 13.1 Å². The number of carbonyl (C=O) groups excluding carboxylic acids is 1. The minimum absolute atomic E-state index is 0. The molecule has 0 aliphatic heterocycles. The highest BCUT2D eigenvalue weighted by Gasteiger charge is 2.24. The van der Waals surface area contributed by atoms with Gasteiger partial charge in [-0.2, -0.15) is 0 Å². The Balaban J connectivity index is 0.00000441. The first-order valence-corrected chi connectivity index (χ1v) is 7.01. The molecule has 126 valence electrons. The van der Waals surface area contributed by atoms with Gasteiger partial charge in [0.15, 0.2) is 5.96 Å². The molecule has 0 saturated carbocycles. The Labute approximate surface area is 148 Å². The van der Waals surface area contributed by atoms with E-state index in [9.17, 15) is 4.79 Å². The SMILES string of the molecule is CCNC(=NCc1nc(C)c(C)o1)NCC(C)(C)C(N)=O.I. The molecule has 1 amide bonds. The first-order chi connectivity index (χ1) is 9.76. The molecule has 4 N–H and O–H groups in total. The summed E-state index contributed by atoms with van der Waals surface area (Å²) in [4.78, 5) is 20.0. The van der Waals surface area contributed by atoms with Crippen molar-refractivity contribution in [2.75, 3.05) is 13.1 Å². The van der Waals surface area contributed by atoms with Crippen molar-refractivity contribution in [3.8, 4) is 0 Å². The van der Waals surface area contributed by atoms with E-state index >= 15 is 0 Å². The minimum atomic E-state index is -0.647. The van der Waals surface area contributed by atoms with Gasteiger partial charge in [-0.05, 0) is 34.6 Å². The fourth-order valence-corrected chi connectivity index (χ4v) is 1.49. The van der Waals surface area contributed by atoms with E-state index in [-0.39, 0.29) is 29.9 Å². The van der Waals surface area contributed by atoms with E-state index in [1.54, 1.807) is 13.8 Å². The second kappa shape index (κ2) is 8.96. The second-order valence-electron chi connectivity index (χ2n) is 5.55. The Kier molecular flexibility index (Phi) is 8.43. The number of amides is 1. The van der Waals surface area contributed by atoms with Gasteiger partial charge in [0.2, 0.25) is 11.8 Å². The topological polar surface area (TPSA) is 106 Å². The van der Waals surface area contributed by atoms with E-state index in [1.807, 2.05) is 20.8 Å². The average molecular weight is 423 g/mol. The fraction of sp³-hybridized carbons (Fsp3) is 0.643. The zero-order valence-electron chi connectivity index (χ0n) is 13.8. The number of nitrogens with zero attached hydrogens (tertiary/aromatic N) is 2. The molecule has 0 bridgehead atoms. The molecule has 1 heterocycles. The van der Waals surface area contributed by atoms with Gasteiger partial charge in [-0.15, -0.1) is 24.0 Å². The number of nitrogens with one attached hydrogen (secondary N) is 2.